The Morgan fingerprint density at radius 3 is 2.67 bits per heavy atom. The van der Waals surface area contributed by atoms with Crippen LogP contribution >= 0.6 is 11.3 Å². The summed E-state index contributed by atoms with van der Waals surface area (Å²) in [6.07, 6.45) is 3.35. The topological polar surface area (TPSA) is 76.0 Å². The number of aromatic nitrogens is 2. The van der Waals surface area contributed by atoms with Crippen LogP contribution in [0.25, 0.3) is 0 Å². The fourth-order valence-corrected chi connectivity index (χ4v) is 3.27. The van der Waals surface area contributed by atoms with Crippen LogP contribution in [-0.2, 0) is 11.8 Å². The number of halogens is 1. The molecule has 2 atom stereocenters. The molecule has 3 aromatic rings. The molecule has 2 unspecified atom stereocenters. The maximum atomic E-state index is 13.7. The first-order valence-electron chi connectivity index (χ1n) is 8.33. The highest BCUT2D eigenvalue weighted by atomic mass is 32.1. The molecule has 0 aliphatic heterocycles. The van der Waals surface area contributed by atoms with Crippen LogP contribution in [0.1, 0.15) is 34.0 Å². The lowest BCUT2D eigenvalue weighted by molar-refractivity contribution is -0.123. The summed E-state index contributed by atoms with van der Waals surface area (Å²) in [5, 5.41) is 7.31. The zero-order valence-electron chi connectivity index (χ0n) is 14.8. The van der Waals surface area contributed by atoms with E-state index in [4.69, 9.17) is 0 Å². The molecule has 0 saturated carbocycles. The van der Waals surface area contributed by atoms with Gasteiger partial charge >= 0.3 is 0 Å². The molecule has 140 valence electrons. The smallest absolute Gasteiger partial charge is 0.261 e. The van der Waals surface area contributed by atoms with Crippen molar-refractivity contribution in [2.75, 3.05) is 0 Å². The van der Waals surface area contributed by atoms with Crippen LogP contribution < -0.4 is 10.6 Å². The minimum absolute atomic E-state index is 0.313. The summed E-state index contributed by atoms with van der Waals surface area (Å²) >= 11 is 1.30. The zero-order chi connectivity index (χ0) is 19.4. The molecule has 1 aromatic carbocycles. The van der Waals surface area contributed by atoms with Gasteiger partial charge < -0.3 is 15.2 Å². The molecule has 8 heteroatoms. The van der Waals surface area contributed by atoms with Gasteiger partial charge in [0.05, 0.1) is 4.88 Å². The van der Waals surface area contributed by atoms with Crippen LogP contribution in [0.5, 0.6) is 0 Å². The highest BCUT2D eigenvalue weighted by molar-refractivity contribution is 7.12. The largest absolute Gasteiger partial charge is 0.340 e. The molecular formula is C19H19FN4O2S. The van der Waals surface area contributed by atoms with E-state index in [1.165, 1.54) is 23.5 Å². The maximum absolute atomic E-state index is 13.7. The van der Waals surface area contributed by atoms with Gasteiger partial charge in [-0.2, -0.15) is 0 Å². The van der Waals surface area contributed by atoms with E-state index in [1.807, 2.05) is 0 Å². The van der Waals surface area contributed by atoms with Gasteiger partial charge in [0, 0.05) is 19.4 Å². The second-order valence-corrected chi connectivity index (χ2v) is 7.01. The lowest BCUT2D eigenvalue weighted by Gasteiger charge is -2.22. The predicted octanol–water partition coefficient (Wildman–Crippen LogP) is 2.64. The number of nitrogens with one attached hydrogen (secondary N) is 2. The van der Waals surface area contributed by atoms with Gasteiger partial charge in [0.2, 0.25) is 5.91 Å². The molecule has 6 nitrogen and oxygen atoms in total. The number of amides is 2. The quantitative estimate of drug-likeness (QED) is 0.684. The number of benzene rings is 1. The van der Waals surface area contributed by atoms with Gasteiger partial charge in [0.1, 0.15) is 23.7 Å². The van der Waals surface area contributed by atoms with Crippen LogP contribution in [0.2, 0.25) is 0 Å². The lowest BCUT2D eigenvalue weighted by Crippen LogP contribution is -2.46. The number of nitrogens with zero attached hydrogens (tertiary/aromatic N) is 2. The van der Waals surface area contributed by atoms with Crippen molar-refractivity contribution in [2.45, 2.75) is 19.0 Å². The minimum Gasteiger partial charge on any atom is -0.340 e. The Morgan fingerprint density at radius 1 is 1.22 bits per heavy atom. The van der Waals surface area contributed by atoms with Crippen LogP contribution in [-0.4, -0.2) is 27.4 Å². The van der Waals surface area contributed by atoms with Crippen LogP contribution in [0.3, 0.4) is 0 Å². The fourth-order valence-electron chi connectivity index (χ4n) is 2.65. The van der Waals surface area contributed by atoms with E-state index in [9.17, 15) is 14.0 Å². The zero-order valence-corrected chi connectivity index (χ0v) is 15.7. The summed E-state index contributed by atoms with van der Waals surface area (Å²) in [7, 11) is 1.79. The number of rotatable bonds is 6. The van der Waals surface area contributed by atoms with Crippen molar-refractivity contribution in [3.05, 3.63) is 76.3 Å². The highest BCUT2D eigenvalue weighted by Crippen LogP contribution is 2.21. The molecule has 0 bridgehead atoms. The minimum atomic E-state index is -0.768. The predicted molar refractivity (Wildman–Crippen MR) is 101 cm³/mol. The summed E-state index contributed by atoms with van der Waals surface area (Å²) in [6, 6.07) is 8.04. The average Bonchev–Trinajstić information content (AvgIpc) is 3.31. The van der Waals surface area contributed by atoms with E-state index in [1.54, 1.807) is 60.6 Å². The first kappa shape index (κ1) is 18.8. The van der Waals surface area contributed by atoms with E-state index in [-0.39, 0.29) is 5.91 Å². The number of thiophene rings is 1. The molecule has 3 rings (SSSR count). The molecule has 2 heterocycles. The Morgan fingerprint density at radius 2 is 2.04 bits per heavy atom. The second kappa shape index (κ2) is 8.13. The molecular weight excluding hydrogens is 367 g/mol. The van der Waals surface area contributed by atoms with Crippen molar-refractivity contribution >= 4 is 23.2 Å². The van der Waals surface area contributed by atoms with Gasteiger partial charge in [-0.05, 0) is 36.1 Å². The molecule has 0 saturated heterocycles. The van der Waals surface area contributed by atoms with Crippen molar-refractivity contribution in [1.29, 1.82) is 0 Å². The Balaban J connectivity index is 1.78. The molecule has 2 N–H and O–H groups in total. The Bertz CT molecular complexity index is 939. The first-order valence-corrected chi connectivity index (χ1v) is 9.21. The van der Waals surface area contributed by atoms with Gasteiger partial charge in [0.25, 0.3) is 5.91 Å². The third-order valence-corrected chi connectivity index (χ3v) is 4.94. The highest BCUT2D eigenvalue weighted by Gasteiger charge is 2.25. The molecule has 2 amide bonds. The SMILES string of the molecule is CC(NC(=O)c1cccs1)C(=O)NC(c1cccc(F)c1)c1nccn1C. The Hall–Kier alpha value is -3.00. The summed E-state index contributed by atoms with van der Waals surface area (Å²) in [5.41, 5.74) is 0.564. The molecule has 27 heavy (non-hydrogen) atoms. The molecule has 0 aliphatic rings. The van der Waals surface area contributed by atoms with E-state index >= 15 is 0 Å². The number of carbonyl (C=O) groups is 2. The summed E-state index contributed by atoms with van der Waals surface area (Å²) in [5.74, 6) is -0.546. The van der Waals surface area contributed by atoms with Gasteiger partial charge in [-0.25, -0.2) is 9.37 Å². The number of hydrogen-bond donors (Lipinski definition) is 2. The standard InChI is InChI=1S/C19H19FN4O2S/c1-12(22-19(26)15-7-4-10-27-15)18(25)23-16(17-21-8-9-24(17)2)13-5-3-6-14(20)11-13/h3-12,16H,1-2H3,(H,22,26)(H,23,25). The van der Waals surface area contributed by atoms with E-state index in [0.717, 1.165) is 0 Å². The maximum Gasteiger partial charge on any atom is 0.261 e. The van der Waals surface area contributed by atoms with Crippen molar-refractivity contribution in [1.82, 2.24) is 20.2 Å². The molecule has 0 aliphatic carbocycles. The molecule has 0 radical (unpaired) electrons. The van der Waals surface area contributed by atoms with Crippen molar-refractivity contribution in [2.24, 2.45) is 7.05 Å². The number of imidazole rings is 1. The molecule has 2 aromatic heterocycles. The fraction of sp³-hybridized carbons (Fsp3) is 0.211. The number of aryl methyl sites for hydroxylation is 1. The van der Waals surface area contributed by atoms with Crippen molar-refractivity contribution < 1.29 is 14.0 Å². The van der Waals surface area contributed by atoms with Gasteiger partial charge in [-0.15, -0.1) is 11.3 Å². The van der Waals surface area contributed by atoms with E-state index in [0.29, 0.717) is 16.3 Å². The summed E-state index contributed by atoms with van der Waals surface area (Å²) in [6.45, 7) is 1.60. The normalized spacial score (nSPS) is 13.0. The Labute approximate surface area is 160 Å². The third-order valence-electron chi connectivity index (χ3n) is 4.07. The Kier molecular flexibility index (Phi) is 5.66. The average molecular weight is 386 g/mol. The van der Waals surface area contributed by atoms with Crippen LogP contribution in [0, 0.1) is 5.82 Å². The molecule has 0 spiro atoms. The first-order chi connectivity index (χ1) is 13.0. The summed E-state index contributed by atoms with van der Waals surface area (Å²) < 4.78 is 15.5. The van der Waals surface area contributed by atoms with Gasteiger partial charge in [0.15, 0.2) is 0 Å². The number of carbonyl (C=O) groups excluding carboxylic acids is 2. The van der Waals surface area contributed by atoms with Gasteiger partial charge in [-0.3, -0.25) is 9.59 Å². The van der Waals surface area contributed by atoms with Crippen LogP contribution in [0.4, 0.5) is 4.39 Å². The van der Waals surface area contributed by atoms with Gasteiger partial charge in [-0.1, -0.05) is 18.2 Å². The van der Waals surface area contributed by atoms with Crippen LogP contribution in [0.15, 0.2) is 54.2 Å². The monoisotopic (exact) mass is 386 g/mol. The molecule has 0 fully saturated rings. The van der Waals surface area contributed by atoms with E-state index < -0.39 is 23.8 Å². The second-order valence-electron chi connectivity index (χ2n) is 6.07. The third kappa shape index (κ3) is 4.40. The lowest BCUT2D eigenvalue weighted by atomic mass is 10.1. The van der Waals surface area contributed by atoms with E-state index in [2.05, 4.69) is 15.6 Å². The number of hydrogen-bond acceptors (Lipinski definition) is 4. The van der Waals surface area contributed by atoms with Crippen molar-refractivity contribution in [3.63, 3.8) is 0 Å². The summed E-state index contributed by atoms with van der Waals surface area (Å²) in [4.78, 5) is 29.6. The van der Waals surface area contributed by atoms with Crippen molar-refractivity contribution in [3.8, 4) is 0 Å².